The number of imidazole rings is 1. The van der Waals surface area contributed by atoms with Crippen LogP contribution in [0.25, 0.3) is 4.96 Å². The third kappa shape index (κ3) is 2.39. The van der Waals surface area contributed by atoms with Gasteiger partial charge in [0.2, 0.25) is 0 Å². The maximum absolute atomic E-state index is 13.2. The summed E-state index contributed by atoms with van der Waals surface area (Å²) in [5.74, 6) is -0.251. The summed E-state index contributed by atoms with van der Waals surface area (Å²) in [7, 11) is 0. The Balaban J connectivity index is 1.82. The Hall–Kier alpha value is -1.72. The van der Waals surface area contributed by atoms with E-state index in [0.717, 1.165) is 16.2 Å². The second-order valence-electron chi connectivity index (χ2n) is 4.55. The number of aryl methyl sites for hydroxylation is 1. The highest BCUT2D eigenvalue weighted by Gasteiger charge is 2.12. The van der Waals surface area contributed by atoms with Crippen molar-refractivity contribution in [3.63, 3.8) is 0 Å². The van der Waals surface area contributed by atoms with Gasteiger partial charge in [0.1, 0.15) is 5.82 Å². The number of halogens is 1. The Morgan fingerprint density at radius 1 is 1.47 bits per heavy atom. The van der Waals surface area contributed by atoms with Crippen molar-refractivity contribution < 1.29 is 9.50 Å². The van der Waals surface area contributed by atoms with E-state index in [4.69, 9.17) is 0 Å². The number of benzene rings is 1. The van der Waals surface area contributed by atoms with Crippen LogP contribution in [0.1, 0.15) is 22.9 Å². The van der Waals surface area contributed by atoms with Gasteiger partial charge in [-0.25, -0.2) is 9.37 Å². The van der Waals surface area contributed by atoms with E-state index in [2.05, 4.69) is 4.98 Å². The summed E-state index contributed by atoms with van der Waals surface area (Å²) in [6.07, 6.45) is 3.61. The van der Waals surface area contributed by atoms with Crippen molar-refractivity contribution >= 4 is 16.3 Å². The third-order valence-corrected chi connectivity index (χ3v) is 3.88. The van der Waals surface area contributed by atoms with E-state index >= 15 is 0 Å². The normalized spacial score (nSPS) is 13.0. The molecule has 1 aromatic carbocycles. The van der Waals surface area contributed by atoms with Crippen LogP contribution in [0.4, 0.5) is 4.39 Å². The van der Waals surface area contributed by atoms with Gasteiger partial charge in [-0.1, -0.05) is 12.1 Å². The molecule has 2 aromatic heterocycles. The summed E-state index contributed by atoms with van der Waals surface area (Å²) < 4.78 is 15.1. The number of aliphatic hydroxyl groups is 1. The van der Waals surface area contributed by atoms with Gasteiger partial charge in [0, 0.05) is 24.2 Å². The van der Waals surface area contributed by atoms with Crippen molar-refractivity contribution in [2.24, 2.45) is 0 Å². The van der Waals surface area contributed by atoms with Gasteiger partial charge in [-0.15, -0.1) is 11.3 Å². The van der Waals surface area contributed by atoms with Gasteiger partial charge in [-0.05, 0) is 24.1 Å². The minimum atomic E-state index is -0.663. The number of thiazole rings is 1. The van der Waals surface area contributed by atoms with E-state index < -0.39 is 6.10 Å². The second-order valence-corrected chi connectivity index (χ2v) is 5.43. The molecule has 0 saturated heterocycles. The van der Waals surface area contributed by atoms with Crippen LogP contribution in [-0.4, -0.2) is 14.5 Å². The van der Waals surface area contributed by atoms with Gasteiger partial charge in [0.25, 0.3) is 0 Å². The van der Waals surface area contributed by atoms with Gasteiger partial charge in [-0.3, -0.25) is 4.40 Å². The lowest BCUT2D eigenvalue weighted by Crippen LogP contribution is -2.03. The Kier molecular flexibility index (Phi) is 3.08. The minimum absolute atomic E-state index is 0.251. The van der Waals surface area contributed by atoms with Crippen LogP contribution < -0.4 is 0 Å². The van der Waals surface area contributed by atoms with Gasteiger partial charge < -0.3 is 5.11 Å². The summed E-state index contributed by atoms with van der Waals surface area (Å²) in [4.78, 5) is 5.34. The predicted octanol–water partition coefficient (Wildman–Crippen LogP) is 3.12. The first kappa shape index (κ1) is 12.3. The molecule has 0 bridgehead atoms. The molecule has 3 aromatic rings. The molecule has 1 unspecified atom stereocenters. The molecule has 0 aliphatic carbocycles. The molecule has 0 aliphatic rings. The molecule has 0 fully saturated rings. The molecule has 19 heavy (non-hydrogen) atoms. The number of fused-ring (bicyclic) bond motifs is 1. The summed E-state index contributed by atoms with van der Waals surface area (Å²) >= 11 is 1.56. The van der Waals surface area contributed by atoms with E-state index in [9.17, 15) is 9.50 Å². The highest BCUT2D eigenvalue weighted by Crippen LogP contribution is 2.21. The first-order valence-electron chi connectivity index (χ1n) is 5.98. The van der Waals surface area contributed by atoms with Crippen LogP contribution in [-0.2, 0) is 6.42 Å². The predicted molar refractivity (Wildman–Crippen MR) is 72.9 cm³/mol. The smallest absolute Gasteiger partial charge is 0.193 e. The molecule has 0 spiro atoms. The second kappa shape index (κ2) is 4.75. The van der Waals surface area contributed by atoms with E-state index in [1.54, 1.807) is 30.4 Å². The van der Waals surface area contributed by atoms with Crippen LogP contribution >= 0.6 is 11.3 Å². The minimum Gasteiger partial charge on any atom is -0.388 e. The molecule has 0 radical (unpaired) electrons. The average molecular weight is 276 g/mol. The van der Waals surface area contributed by atoms with Crippen LogP contribution in [0, 0.1) is 12.7 Å². The fraction of sp³-hybridized carbons (Fsp3) is 0.214. The quantitative estimate of drug-likeness (QED) is 0.798. The lowest BCUT2D eigenvalue weighted by Gasteiger charge is -2.10. The number of nitrogens with zero attached hydrogens (tertiary/aromatic N) is 2. The SMILES string of the molecule is Cc1cc(C(O)Cc2cn3ccsc3n2)ccc1F. The van der Waals surface area contributed by atoms with E-state index in [1.165, 1.54) is 6.07 Å². The lowest BCUT2D eigenvalue weighted by molar-refractivity contribution is 0.177. The van der Waals surface area contributed by atoms with Crippen molar-refractivity contribution in [3.05, 3.63) is 58.6 Å². The van der Waals surface area contributed by atoms with E-state index in [0.29, 0.717) is 12.0 Å². The zero-order valence-electron chi connectivity index (χ0n) is 10.4. The molecule has 3 nitrogen and oxygen atoms in total. The molecular formula is C14H13FN2OS. The zero-order chi connectivity index (χ0) is 13.4. The zero-order valence-corrected chi connectivity index (χ0v) is 11.2. The molecule has 0 aliphatic heterocycles. The maximum Gasteiger partial charge on any atom is 0.193 e. The Bertz CT molecular complexity index is 691. The number of rotatable bonds is 3. The van der Waals surface area contributed by atoms with Crippen molar-refractivity contribution in [1.82, 2.24) is 9.38 Å². The topological polar surface area (TPSA) is 37.5 Å². The third-order valence-electron chi connectivity index (χ3n) is 3.11. The van der Waals surface area contributed by atoms with Crippen molar-refractivity contribution in [3.8, 4) is 0 Å². The van der Waals surface area contributed by atoms with Gasteiger partial charge in [-0.2, -0.15) is 0 Å². The molecule has 98 valence electrons. The monoisotopic (exact) mass is 276 g/mol. The first-order chi connectivity index (χ1) is 9.13. The Labute approximate surface area is 114 Å². The summed E-state index contributed by atoms with van der Waals surface area (Å²) in [6.45, 7) is 1.69. The van der Waals surface area contributed by atoms with Crippen LogP contribution in [0.5, 0.6) is 0 Å². The van der Waals surface area contributed by atoms with Crippen LogP contribution in [0.2, 0.25) is 0 Å². The van der Waals surface area contributed by atoms with Gasteiger partial charge >= 0.3 is 0 Å². The largest absolute Gasteiger partial charge is 0.388 e. The summed E-state index contributed by atoms with van der Waals surface area (Å²) in [5, 5.41) is 12.1. The average Bonchev–Trinajstić information content (AvgIpc) is 2.93. The van der Waals surface area contributed by atoms with Crippen molar-refractivity contribution in [2.45, 2.75) is 19.4 Å². The van der Waals surface area contributed by atoms with E-state index in [-0.39, 0.29) is 5.82 Å². The number of hydrogen-bond acceptors (Lipinski definition) is 3. The van der Waals surface area contributed by atoms with Crippen molar-refractivity contribution in [1.29, 1.82) is 0 Å². The molecule has 0 amide bonds. The van der Waals surface area contributed by atoms with E-state index in [1.807, 2.05) is 22.2 Å². The standard InChI is InChI=1S/C14H13FN2OS/c1-9-6-10(2-3-12(9)15)13(18)7-11-8-17-4-5-19-14(17)16-11/h2-6,8,13,18H,7H2,1H3. The van der Waals surface area contributed by atoms with Gasteiger partial charge in [0.05, 0.1) is 11.8 Å². The molecule has 3 rings (SSSR count). The van der Waals surface area contributed by atoms with Crippen molar-refractivity contribution in [2.75, 3.05) is 0 Å². The highest BCUT2D eigenvalue weighted by molar-refractivity contribution is 7.15. The Morgan fingerprint density at radius 3 is 3.05 bits per heavy atom. The first-order valence-corrected chi connectivity index (χ1v) is 6.86. The molecule has 5 heteroatoms. The maximum atomic E-state index is 13.2. The molecule has 1 atom stereocenters. The number of hydrogen-bond donors (Lipinski definition) is 1. The van der Waals surface area contributed by atoms with Gasteiger partial charge in [0.15, 0.2) is 4.96 Å². The molecule has 2 heterocycles. The fourth-order valence-electron chi connectivity index (χ4n) is 2.07. The summed E-state index contributed by atoms with van der Waals surface area (Å²) in [6, 6.07) is 4.68. The highest BCUT2D eigenvalue weighted by atomic mass is 32.1. The van der Waals surface area contributed by atoms with Crippen LogP contribution in [0.3, 0.4) is 0 Å². The number of aromatic nitrogens is 2. The molecular weight excluding hydrogens is 263 g/mol. The Morgan fingerprint density at radius 2 is 2.32 bits per heavy atom. The molecule has 0 saturated carbocycles. The van der Waals surface area contributed by atoms with Crippen LogP contribution in [0.15, 0.2) is 36.0 Å². The fourth-order valence-corrected chi connectivity index (χ4v) is 2.78. The number of aliphatic hydroxyl groups excluding tert-OH is 1. The summed E-state index contributed by atoms with van der Waals surface area (Å²) in [5.41, 5.74) is 2.10. The lowest BCUT2D eigenvalue weighted by atomic mass is 10.0. The molecule has 1 N–H and O–H groups in total.